The first-order chi connectivity index (χ1) is 19.1. The quantitative estimate of drug-likeness (QED) is 0.283. The first-order valence-corrected chi connectivity index (χ1v) is 14.2. The van der Waals surface area contributed by atoms with E-state index in [9.17, 15) is 24.0 Å². The third-order valence-electron chi connectivity index (χ3n) is 9.33. The van der Waals surface area contributed by atoms with Crippen LogP contribution in [-0.2, 0) is 41.8 Å². The summed E-state index contributed by atoms with van der Waals surface area (Å²) in [5.41, 5.74) is 0.819. The van der Waals surface area contributed by atoms with E-state index < -0.39 is 63.0 Å². The number of esters is 1. The van der Waals surface area contributed by atoms with Gasteiger partial charge in [0.15, 0.2) is 0 Å². The van der Waals surface area contributed by atoms with Crippen molar-refractivity contribution in [1.29, 1.82) is 0 Å². The second-order valence-electron chi connectivity index (χ2n) is 11.2. The first kappa shape index (κ1) is 26.6. The number of halogens is 1. The molecule has 2 bridgehead atoms. The maximum absolute atomic E-state index is 14.2. The van der Waals surface area contributed by atoms with Gasteiger partial charge < -0.3 is 4.74 Å². The number of allylic oxidation sites excluding steroid dienone is 1. The predicted octanol–water partition coefficient (Wildman–Crippen LogP) is 3.64. The molecular weight excluding hydrogens is 576 g/mol. The molecule has 1 saturated carbocycles. The van der Waals surface area contributed by atoms with Crippen molar-refractivity contribution in [3.63, 3.8) is 0 Å². The average Bonchev–Trinajstić information content (AvgIpc) is 3.35. The molecule has 0 N–H and O–H groups in total. The highest BCUT2D eigenvalue weighted by atomic mass is 79.9. The van der Waals surface area contributed by atoms with Crippen molar-refractivity contribution < 1.29 is 28.7 Å². The summed E-state index contributed by atoms with van der Waals surface area (Å²) in [6.45, 7) is 5.32. The molecular formula is C31H29BrN2O6. The Labute approximate surface area is 240 Å². The molecule has 8 nitrogen and oxygen atoms in total. The molecule has 3 fully saturated rings. The van der Waals surface area contributed by atoms with Gasteiger partial charge in [-0.1, -0.05) is 83.5 Å². The van der Waals surface area contributed by atoms with Gasteiger partial charge in [0, 0.05) is 11.0 Å². The number of amides is 4. The van der Waals surface area contributed by atoms with Gasteiger partial charge in [-0.2, -0.15) is 0 Å². The molecule has 7 rings (SSSR count). The van der Waals surface area contributed by atoms with Crippen molar-refractivity contribution in [2.45, 2.75) is 38.2 Å². The van der Waals surface area contributed by atoms with E-state index in [1.165, 1.54) is 9.80 Å². The van der Waals surface area contributed by atoms with Crippen molar-refractivity contribution in [1.82, 2.24) is 9.80 Å². The summed E-state index contributed by atoms with van der Waals surface area (Å²) in [5.74, 6) is -6.29. The number of hydrogen-bond donors (Lipinski definition) is 0. The van der Waals surface area contributed by atoms with Crippen LogP contribution in [0, 0.1) is 29.1 Å². The van der Waals surface area contributed by atoms with Gasteiger partial charge in [0.25, 0.3) is 0 Å². The van der Waals surface area contributed by atoms with Crippen LogP contribution in [0.3, 0.4) is 0 Å². The molecule has 6 atom stereocenters. The van der Waals surface area contributed by atoms with E-state index in [1.54, 1.807) is 20.8 Å². The molecule has 40 heavy (non-hydrogen) atoms. The lowest BCUT2D eigenvalue weighted by molar-refractivity contribution is -0.152. The summed E-state index contributed by atoms with van der Waals surface area (Å²) in [5, 5.41) is 0. The number of hydrogen-bond acceptors (Lipinski definition) is 6. The zero-order chi connectivity index (χ0) is 28.6. The normalized spacial score (nSPS) is 32.6. The van der Waals surface area contributed by atoms with Crippen molar-refractivity contribution >= 4 is 45.5 Å². The number of likely N-dealkylation sites (tertiary alicyclic amines) is 2. The standard InChI is InChI=1S/C31H29BrN2O6/c1-4-40-29(39)20-17(2)31(32)23-21(25(35)33(27(23)37)15-18-11-7-5-8-12-18)30(20,3)22-24(31)28(38)34(26(22)36)16-19-13-9-6-10-14-19/h5-14,21-24H,4,15-16H2,1-3H3/t21-,22+,23+,24-,30?,31?. The smallest absolute Gasteiger partial charge is 0.334 e. The fourth-order valence-corrected chi connectivity index (χ4v) is 8.81. The van der Waals surface area contributed by atoms with Gasteiger partial charge in [0.05, 0.1) is 47.7 Å². The largest absolute Gasteiger partial charge is 0.463 e. The van der Waals surface area contributed by atoms with Crippen molar-refractivity contribution in [2.24, 2.45) is 29.1 Å². The molecule has 0 aromatic heterocycles. The number of nitrogens with zero attached hydrogens (tertiary/aromatic N) is 2. The van der Waals surface area contributed by atoms with Gasteiger partial charge in [-0.05, 0) is 30.5 Å². The zero-order valence-corrected chi connectivity index (χ0v) is 24.0. The van der Waals surface area contributed by atoms with Gasteiger partial charge in [0.1, 0.15) is 0 Å². The number of imide groups is 2. The number of carbonyl (C=O) groups is 5. The summed E-state index contributed by atoms with van der Waals surface area (Å²) in [6.07, 6.45) is 0. The Hall–Kier alpha value is -3.59. The number of carbonyl (C=O) groups excluding carboxylic acids is 5. The highest BCUT2D eigenvalue weighted by Gasteiger charge is 2.81. The lowest BCUT2D eigenvalue weighted by atomic mass is 9.43. The molecule has 2 aliphatic heterocycles. The number of alkyl halides is 1. The second-order valence-corrected chi connectivity index (χ2v) is 12.5. The van der Waals surface area contributed by atoms with Crippen LogP contribution in [0.15, 0.2) is 71.8 Å². The minimum absolute atomic E-state index is 0.0653. The highest BCUT2D eigenvalue weighted by Crippen LogP contribution is 2.72. The second kappa shape index (κ2) is 9.23. The molecule has 9 heteroatoms. The van der Waals surface area contributed by atoms with Gasteiger partial charge in [0.2, 0.25) is 23.6 Å². The number of ether oxygens (including phenoxy) is 1. The fourth-order valence-electron chi connectivity index (χ4n) is 7.69. The van der Waals surface area contributed by atoms with E-state index in [0.29, 0.717) is 5.57 Å². The van der Waals surface area contributed by atoms with Gasteiger partial charge in [-0.15, -0.1) is 0 Å². The lowest BCUT2D eigenvalue weighted by Crippen LogP contribution is -2.67. The fraction of sp³-hybridized carbons (Fsp3) is 0.387. The van der Waals surface area contributed by atoms with E-state index in [4.69, 9.17) is 4.74 Å². The Kier molecular flexibility index (Phi) is 6.14. The van der Waals surface area contributed by atoms with Crippen LogP contribution in [0.2, 0.25) is 0 Å². The maximum Gasteiger partial charge on any atom is 0.334 e. The van der Waals surface area contributed by atoms with Crippen LogP contribution in [-0.4, -0.2) is 50.3 Å². The van der Waals surface area contributed by atoms with E-state index in [1.807, 2.05) is 60.7 Å². The Balaban J connectivity index is 1.51. The summed E-state index contributed by atoms with van der Waals surface area (Å²) in [7, 11) is 0. The van der Waals surface area contributed by atoms with Crippen LogP contribution in [0.5, 0.6) is 0 Å². The van der Waals surface area contributed by atoms with Crippen LogP contribution in [0.25, 0.3) is 0 Å². The van der Waals surface area contributed by atoms with E-state index in [2.05, 4.69) is 15.9 Å². The minimum Gasteiger partial charge on any atom is -0.463 e. The molecule has 0 radical (unpaired) electrons. The highest BCUT2D eigenvalue weighted by molar-refractivity contribution is 9.10. The monoisotopic (exact) mass is 604 g/mol. The predicted molar refractivity (Wildman–Crippen MR) is 147 cm³/mol. The van der Waals surface area contributed by atoms with E-state index in [0.717, 1.165) is 11.1 Å². The number of benzene rings is 2. The molecule has 3 aliphatic carbocycles. The average molecular weight is 605 g/mol. The molecule has 2 saturated heterocycles. The molecule has 0 spiro atoms. The summed E-state index contributed by atoms with van der Waals surface area (Å²) >= 11 is 3.79. The third kappa shape index (κ3) is 3.33. The maximum atomic E-state index is 14.2. The zero-order valence-electron chi connectivity index (χ0n) is 22.4. The molecule has 206 valence electrons. The molecule has 2 unspecified atom stereocenters. The van der Waals surface area contributed by atoms with Crippen LogP contribution in [0.4, 0.5) is 0 Å². The Morgan fingerprint density at radius 3 is 1.57 bits per heavy atom. The summed E-state index contributed by atoms with van der Waals surface area (Å²) in [4.78, 5) is 72.5. The molecule has 2 aromatic carbocycles. The topological polar surface area (TPSA) is 101 Å². The van der Waals surface area contributed by atoms with Gasteiger partial charge in [-0.3, -0.25) is 29.0 Å². The Bertz CT molecular complexity index is 1400. The van der Waals surface area contributed by atoms with E-state index in [-0.39, 0.29) is 25.3 Å². The van der Waals surface area contributed by atoms with Crippen molar-refractivity contribution in [2.75, 3.05) is 6.61 Å². The van der Waals surface area contributed by atoms with Crippen LogP contribution >= 0.6 is 15.9 Å². The molecule has 5 aliphatic rings. The number of rotatable bonds is 6. The van der Waals surface area contributed by atoms with Crippen molar-refractivity contribution in [3.8, 4) is 0 Å². The molecule has 2 heterocycles. The summed E-state index contributed by atoms with van der Waals surface area (Å²) in [6, 6.07) is 18.4. The molecule has 2 aromatic rings. The lowest BCUT2D eigenvalue weighted by Gasteiger charge is -2.59. The Morgan fingerprint density at radius 1 is 0.775 bits per heavy atom. The van der Waals surface area contributed by atoms with Crippen molar-refractivity contribution in [3.05, 3.63) is 82.9 Å². The van der Waals surface area contributed by atoms with Gasteiger partial charge >= 0.3 is 5.97 Å². The SMILES string of the molecule is CCOC(=O)C1=C(C)C2(Br)[C@@H]3C(=O)N(Cc4ccccc4)C(=O)[C@@H]3C1(C)[C@@H]1C(=O)N(Cc3ccccc3)C(=O)[C@@H]12. The van der Waals surface area contributed by atoms with Crippen LogP contribution in [0.1, 0.15) is 31.9 Å². The third-order valence-corrected chi connectivity index (χ3v) is 10.9. The summed E-state index contributed by atoms with van der Waals surface area (Å²) < 4.78 is 4.04. The molecule has 4 amide bonds. The van der Waals surface area contributed by atoms with E-state index >= 15 is 0 Å². The Morgan fingerprint density at radius 2 is 1.18 bits per heavy atom. The van der Waals surface area contributed by atoms with Crippen LogP contribution < -0.4 is 0 Å². The first-order valence-electron chi connectivity index (χ1n) is 13.4. The van der Waals surface area contributed by atoms with Gasteiger partial charge in [-0.25, -0.2) is 4.79 Å². The minimum atomic E-state index is -1.42.